The molecule has 1 atom stereocenters. The van der Waals surface area contributed by atoms with Gasteiger partial charge in [0.2, 0.25) is 11.3 Å². The number of nitrogens with zero attached hydrogens (tertiary/aromatic N) is 3. The Balaban J connectivity index is 1.61. The predicted octanol–water partition coefficient (Wildman–Crippen LogP) is 4.13. The van der Waals surface area contributed by atoms with Crippen LogP contribution in [0, 0.1) is 0 Å². The summed E-state index contributed by atoms with van der Waals surface area (Å²) in [5.41, 5.74) is 1.53. The first-order valence-electron chi connectivity index (χ1n) is 10.4. The van der Waals surface area contributed by atoms with Crippen LogP contribution in [0.2, 0.25) is 0 Å². The van der Waals surface area contributed by atoms with Crippen LogP contribution in [0.15, 0.2) is 77.0 Å². The average Bonchev–Trinajstić information content (AvgIpc) is 3.32. The van der Waals surface area contributed by atoms with E-state index in [-0.39, 0.29) is 23.9 Å². The molecule has 0 aliphatic heterocycles. The van der Waals surface area contributed by atoms with Gasteiger partial charge in [-0.3, -0.25) is 14.3 Å². The summed E-state index contributed by atoms with van der Waals surface area (Å²) in [5.74, 6) is 0.730. The first-order valence-corrected chi connectivity index (χ1v) is 11.3. The molecule has 0 N–H and O–H groups in total. The highest BCUT2D eigenvalue weighted by atomic mass is 32.1. The number of rotatable bonds is 8. The molecule has 0 saturated carbocycles. The van der Waals surface area contributed by atoms with E-state index in [0.717, 1.165) is 17.7 Å². The molecule has 0 saturated heterocycles. The summed E-state index contributed by atoms with van der Waals surface area (Å²) < 4.78 is 6.86. The second-order valence-electron chi connectivity index (χ2n) is 7.69. The van der Waals surface area contributed by atoms with Crippen LogP contribution in [0.25, 0.3) is 10.9 Å². The Labute approximate surface area is 190 Å². The summed E-state index contributed by atoms with van der Waals surface area (Å²) >= 11 is 1.69. The van der Waals surface area contributed by atoms with Crippen LogP contribution in [0.5, 0.6) is 5.75 Å². The van der Waals surface area contributed by atoms with Crippen LogP contribution >= 0.6 is 11.3 Å². The maximum atomic E-state index is 13.5. The summed E-state index contributed by atoms with van der Waals surface area (Å²) in [6.45, 7) is 2.61. The number of fused-ring (bicyclic) bond motifs is 1. The summed E-state index contributed by atoms with van der Waals surface area (Å²) in [6, 6.07) is 19.1. The van der Waals surface area contributed by atoms with Crippen molar-refractivity contribution in [3.05, 3.63) is 92.9 Å². The van der Waals surface area contributed by atoms with Crippen molar-refractivity contribution < 1.29 is 9.53 Å². The summed E-state index contributed by atoms with van der Waals surface area (Å²) in [5, 5.41) is 6.84. The van der Waals surface area contributed by atoms with E-state index in [9.17, 15) is 9.59 Å². The first kappa shape index (κ1) is 21.8. The van der Waals surface area contributed by atoms with Gasteiger partial charge in [-0.15, -0.1) is 11.3 Å². The summed E-state index contributed by atoms with van der Waals surface area (Å²) in [7, 11) is 1.63. The number of aromatic nitrogens is 2. The minimum Gasteiger partial charge on any atom is -0.497 e. The minimum absolute atomic E-state index is 0.00565. The molecule has 2 aromatic carbocycles. The molecule has 0 spiro atoms. The maximum Gasteiger partial charge on any atom is 0.244 e. The molecule has 7 heteroatoms. The zero-order chi connectivity index (χ0) is 22.5. The number of carbonyl (C=O) groups excluding carboxylic acids is 1. The van der Waals surface area contributed by atoms with Crippen LogP contribution in [0.3, 0.4) is 0 Å². The van der Waals surface area contributed by atoms with Crippen LogP contribution in [0.4, 0.5) is 0 Å². The molecule has 2 aromatic heterocycles. The molecule has 0 aliphatic carbocycles. The molecule has 4 rings (SSSR count). The van der Waals surface area contributed by atoms with Crippen molar-refractivity contribution >= 4 is 28.1 Å². The molecule has 0 aliphatic rings. The average molecular weight is 448 g/mol. The van der Waals surface area contributed by atoms with Gasteiger partial charge in [-0.1, -0.05) is 30.3 Å². The molecule has 0 unspecified atom stereocenters. The molecule has 164 valence electrons. The smallest absolute Gasteiger partial charge is 0.244 e. The highest BCUT2D eigenvalue weighted by Gasteiger charge is 2.22. The highest BCUT2D eigenvalue weighted by Crippen LogP contribution is 2.19. The number of hydrogen-bond acceptors (Lipinski definition) is 5. The molecule has 0 fully saturated rings. The van der Waals surface area contributed by atoms with E-state index in [4.69, 9.17) is 4.74 Å². The van der Waals surface area contributed by atoms with Crippen molar-refractivity contribution in [1.29, 1.82) is 0 Å². The number of carbonyl (C=O) groups is 1. The quantitative estimate of drug-likeness (QED) is 0.407. The van der Waals surface area contributed by atoms with Crippen LogP contribution in [0.1, 0.15) is 17.4 Å². The van der Waals surface area contributed by atoms with Crippen LogP contribution in [-0.2, 0) is 24.3 Å². The first-order chi connectivity index (χ1) is 15.5. The van der Waals surface area contributed by atoms with Gasteiger partial charge in [-0.05, 0) is 48.2 Å². The highest BCUT2D eigenvalue weighted by molar-refractivity contribution is 7.09. The second kappa shape index (κ2) is 9.78. The third kappa shape index (κ3) is 4.89. The molecule has 4 aromatic rings. The van der Waals surface area contributed by atoms with Crippen LogP contribution in [-0.4, -0.2) is 33.7 Å². The Kier molecular flexibility index (Phi) is 6.66. The van der Waals surface area contributed by atoms with Crippen molar-refractivity contribution in [2.24, 2.45) is 0 Å². The van der Waals surface area contributed by atoms with Gasteiger partial charge in [0.15, 0.2) is 0 Å². The van der Waals surface area contributed by atoms with E-state index in [2.05, 4.69) is 18.1 Å². The zero-order valence-corrected chi connectivity index (χ0v) is 18.9. The zero-order valence-electron chi connectivity index (χ0n) is 18.1. The van der Waals surface area contributed by atoms with Crippen LogP contribution < -0.4 is 10.2 Å². The molecular weight excluding hydrogens is 422 g/mol. The van der Waals surface area contributed by atoms with Gasteiger partial charge < -0.3 is 9.64 Å². The monoisotopic (exact) mass is 447 g/mol. The lowest BCUT2D eigenvalue weighted by Gasteiger charge is -2.30. The molecule has 32 heavy (non-hydrogen) atoms. The fourth-order valence-electron chi connectivity index (χ4n) is 3.75. The Hall–Kier alpha value is -3.45. The molecular formula is C25H25N3O3S. The van der Waals surface area contributed by atoms with Gasteiger partial charge in [0, 0.05) is 29.3 Å². The van der Waals surface area contributed by atoms with E-state index in [1.54, 1.807) is 29.2 Å². The van der Waals surface area contributed by atoms with Gasteiger partial charge in [0.1, 0.15) is 12.3 Å². The fraction of sp³-hybridized carbons (Fsp3) is 0.240. The lowest BCUT2D eigenvalue weighted by Crippen LogP contribution is -2.41. The Bertz CT molecular complexity index is 1250. The number of methoxy groups -OCH3 is 1. The van der Waals surface area contributed by atoms with E-state index < -0.39 is 0 Å². The molecule has 0 radical (unpaired) electrons. The molecule has 6 nitrogen and oxygen atoms in total. The topological polar surface area (TPSA) is 64.4 Å². The normalized spacial score (nSPS) is 11.9. The Morgan fingerprint density at radius 3 is 2.62 bits per heavy atom. The van der Waals surface area contributed by atoms with Gasteiger partial charge >= 0.3 is 0 Å². The summed E-state index contributed by atoms with van der Waals surface area (Å²) in [4.78, 5) is 28.8. The van der Waals surface area contributed by atoms with E-state index in [0.29, 0.717) is 17.4 Å². The molecule has 0 bridgehead atoms. The number of ether oxygens (including phenoxy) is 1. The van der Waals surface area contributed by atoms with E-state index in [1.165, 1.54) is 11.1 Å². The van der Waals surface area contributed by atoms with Gasteiger partial charge in [-0.25, -0.2) is 0 Å². The summed E-state index contributed by atoms with van der Waals surface area (Å²) in [6.07, 6.45) is 2.05. The minimum atomic E-state index is -0.148. The molecule has 2 heterocycles. The fourth-order valence-corrected chi connectivity index (χ4v) is 4.58. The van der Waals surface area contributed by atoms with Crippen molar-refractivity contribution in [3.8, 4) is 5.75 Å². The molecule has 1 amide bonds. The number of hydrogen-bond donors (Lipinski definition) is 0. The standard InChI is InChI=1S/C25H25N3O3S/c1-18(14-21-6-5-13-32-21)27(16-19-9-11-20(31-2)12-10-19)25(30)17-28-23-8-4-3-7-22(23)24(29)15-26-28/h3-13,15,18H,14,16-17H2,1-2H3/t18-/m0/s1. The van der Waals surface area contributed by atoms with E-state index >= 15 is 0 Å². The van der Waals surface area contributed by atoms with E-state index in [1.807, 2.05) is 58.8 Å². The predicted molar refractivity (Wildman–Crippen MR) is 127 cm³/mol. The lowest BCUT2D eigenvalue weighted by atomic mass is 10.1. The van der Waals surface area contributed by atoms with Crippen molar-refractivity contribution in [1.82, 2.24) is 14.7 Å². The third-order valence-electron chi connectivity index (χ3n) is 5.49. The Morgan fingerprint density at radius 2 is 1.91 bits per heavy atom. The van der Waals surface area contributed by atoms with Gasteiger partial charge in [0.05, 0.1) is 18.8 Å². The lowest BCUT2D eigenvalue weighted by molar-refractivity contribution is -0.134. The van der Waals surface area contributed by atoms with Crippen molar-refractivity contribution in [3.63, 3.8) is 0 Å². The maximum absolute atomic E-state index is 13.5. The van der Waals surface area contributed by atoms with Crippen molar-refractivity contribution in [2.45, 2.75) is 32.5 Å². The largest absolute Gasteiger partial charge is 0.497 e. The number of para-hydroxylation sites is 1. The number of thiophene rings is 1. The number of benzene rings is 2. The third-order valence-corrected chi connectivity index (χ3v) is 6.39. The van der Waals surface area contributed by atoms with Crippen molar-refractivity contribution in [2.75, 3.05) is 7.11 Å². The second-order valence-corrected chi connectivity index (χ2v) is 8.72. The SMILES string of the molecule is COc1ccc(CN(C(=O)Cn2ncc(=O)c3ccccc32)[C@@H](C)Cc2cccs2)cc1. The van der Waals surface area contributed by atoms with Gasteiger partial charge in [-0.2, -0.15) is 5.10 Å². The Morgan fingerprint density at radius 1 is 1.12 bits per heavy atom. The number of amides is 1. The van der Waals surface area contributed by atoms with Gasteiger partial charge in [0.25, 0.3) is 0 Å².